The van der Waals surface area contributed by atoms with Crippen LogP contribution < -0.4 is 0 Å². The van der Waals surface area contributed by atoms with Crippen molar-refractivity contribution in [2.75, 3.05) is 26.4 Å². The van der Waals surface area contributed by atoms with E-state index in [2.05, 4.69) is 19.1 Å². The minimum atomic E-state index is -0.932. The van der Waals surface area contributed by atoms with Crippen molar-refractivity contribution >= 4 is 5.97 Å². The molecule has 0 aromatic carbocycles. The molecule has 0 radical (unpaired) electrons. The van der Waals surface area contributed by atoms with E-state index < -0.39 is 5.97 Å². The van der Waals surface area contributed by atoms with E-state index in [1.165, 1.54) is 83.5 Å². The van der Waals surface area contributed by atoms with Crippen LogP contribution in [0.1, 0.15) is 96.8 Å². The van der Waals surface area contributed by atoms with Crippen molar-refractivity contribution in [3.05, 3.63) is 12.2 Å². The molecule has 0 aliphatic carbocycles. The van der Waals surface area contributed by atoms with Crippen molar-refractivity contribution in [1.29, 1.82) is 0 Å². The lowest BCUT2D eigenvalue weighted by Crippen LogP contribution is -2.11. The lowest BCUT2D eigenvalue weighted by atomic mass is 10.1. The fraction of sp³-hybridized carbons (Fsp3) is 0.864. The van der Waals surface area contributed by atoms with Gasteiger partial charge in [0, 0.05) is 6.61 Å². The summed E-state index contributed by atoms with van der Waals surface area (Å²) in [4.78, 5) is 10.2. The van der Waals surface area contributed by atoms with Gasteiger partial charge in [0.05, 0.1) is 13.2 Å². The van der Waals surface area contributed by atoms with Gasteiger partial charge in [0.15, 0.2) is 0 Å². The van der Waals surface area contributed by atoms with Crippen LogP contribution in [0.3, 0.4) is 0 Å². The van der Waals surface area contributed by atoms with E-state index in [4.69, 9.17) is 14.6 Å². The van der Waals surface area contributed by atoms with Gasteiger partial charge in [-0.05, 0) is 32.1 Å². The topological polar surface area (TPSA) is 55.8 Å². The molecule has 0 saturated carbocycles. The average Bonchev–Trinajstić information content (AvgIpc) is 2.62. The number of aliphatic carboxylic acids is 1. The Morgan fingerprint density at radius 2 is 1.19 bits per heavy atom. The predicted octanol–water partition coefficient (Wildman–Crippen LogP) is 6.14. The van der Waals surface area contributed by atoms with Gasteiger partial charge < -0.3 is 14.6 Å². The molecule has 0 amide bonds. The maximum absolute atomic E-state index is 10.2. The molecule has 26 heavy (non-hydrogen) atoms. The van der Waals surface area contributed by atoms with Crippen LogP contribution in [-0.4, -0.2) is 37.5 Å². The fourth-order valence-corrected chi connectivity index (χ4v) is 2.83. The molecule has 0 aromatic heterocycles. The van der Waals surface area contributed by atoms with E-state index >= 15 is 0 Å². The van der Waals surface area contributed by atoms with Gasteiger partial charge in [0.2, 0.25) is 0 Å². The van der Waals surface area contributed by atoms with Crippen molar-refractivity contribution < 1.29 is 19.4 Å². The van der Waals surface area contributed by atoms with Crippen LogP contribution in [0.5, 0.6) is 0 Å². The summed E-state index contributed by atoms with van der Waals surface area (Å²) in [5.41, 5.74) is 0. The molecular formula is C22H42O4. The Balaban J connectivity index is 3.06. The molecule has 0 atom stereocenters. The van der Waals surface area contributed by atoms with Gasteiger partial charge >= 0.3 is 5.97 Å². The van der Waals surface area contributed by atoms with Crippen LogP contribution in [0.25, 0.3) is 0 Å². The first-order valence-corrected chi connectivity index (χ1v) is 10.8. The van der Waals surface area contributed by atoms with Gasteiger partial charge in [-0.1, -0.05) is 76.9 Å². The Labute approximate surface area is 161 Å². The molecule has 0 bridgehead atoms. The second kappa shape index (κ2) is 22.2. The highest BCUT2D eigenvalue weighted by Crippen LogP contribution is 2.09. The van der Waals surface area contributed by atoms with Gasteiger partial charge in [-0.2, -0.15) is 0 Å². The molecule has 0 aromatic rings. The molecule has 0 spiro atoms. The summed E-state index contributed by atoms with van der Waals surface area (Å²) in [6.07, 6.45) is 23.0. The van der Waals surface area contributed by atoms with E-state index in [1.807, 2.05) is 0 Å². The molecule has 0 rings (SSSR count). The van der Waals surface area contributed by atoms with Crippen LogP contribution in [0.15, 0.2) is 12.2 Å². The zero-order valence-electron chi connectivity index (χ0n) is 17.1. The standard InChI is InChI=1S/C22H42O4/c1-2-3-4-5-6-7-8-9-10-11-12-13-14-15-16-17-18-25-19-20-26-21-22(23)24/h9-10H,2-8,11-21H2,1H3,(H,23,24)/b10-9+. The smallest absolute Gasteiger partial charge is 0.329 e. The summed E-state index contributed by atoms with van der Waals surface area (Å²) in [5.74, 6) is -0.932. The van der Waals surface area contributed by atoms with Crippen molar-refractivity contribution in [2.45, 2.75) is 96.8 Å². The number of allylic oxidation sites excluding steroid dienone is 2. The zero-order chi connectivity index (χ0) is 19.1. The van der Waals surface area contributed by atoms with E-state index in [-0.39, 0.29) is 6.61 Å². The lowest BCUT2D eigenvalue weighted by Gasteiger charge is -2.04. The van der Waals surface area contributed by atoms with Crippen LogP contribution in [0.4, 0.5) is 0 Å². The van der Waals surface area contributed by atoms with Gasteiger partial charge in [-0.3, -0.25) is 0 Å². The number of carboxylic acid groups (broad SMARTS) is 1. The molecule has 0 aliphatic rings. The summed E-state index contributed by atoms with van der Waals surface area (Å²) in [7, 11) is 0. The highest BCUT2D eigenvalue weighted by atomic mass is 16.5. The molecule has 1 N–H and O–H groups in total. The Morgan fingerprint density at radius 1 is 0.692 bits per heavy atom. The van der Waals surface area contributed by atoms with Gasteiger partial charge in [-0.15, -0.1) is 0 Å². The molecular weight excluding hydrogens is 328 g/mol. The highest BCUT2D eigenvalue weighted by molar-refractivity contribution is 5.67. The third-order valence-electron chi connectivity index (χ3n) is 4.40. The number of ether oxygens (including phenoxy) is 2. The summed E-state index contributed by atoms with van der Waals surface area (Å²) in [5, 5.41) is 8.40. The first-order chi connectivity index (χ1) is 12.8. The van der Waals surface area contributed by atoms with Gasteiger partial charge in [0.25, 0.3) is 0 Å². The Morgan fingerprint density at radius 3 is 1.77 bits per heavy atom. The molecule has 4 nitrogen and oxygen atoms in total. The summed E-state index contributed by atoms with van der Waals surface area (Å²) in [6.45, 7) is 3.62. The first kappa shape index (κ1) is 25.1. The van der Waals surface area contributed by atoms with E-state index in [0.717, 1.165) is 13.0 Å². The third kappa shape index (κ3) is 23.1. The number of rotatable bonds is 21. The predicted molar refractivity (Wildman–Crippen MR) is 109 cm³/mol. The number of hydrogen-bond acceptors (Lipinski definition) is 3. The maximum Gasteiger partial charge on any atom is 0.329 e. The van der Waals surface area contributed by atoms with E-state index in [0.29, 0.717) is 13.2 Å². The zero-order valence-corrected chi connectivity index (χ0v) is 17.1. The minimum Gasteiger partial charge on any atom is -0.480 e. The highest BCUT2D eigenvalue weighted by Gasteiger charge is 1.96. The summed E-state index contributed by atoms with van der Waals surface area (Å²) < 4.78 is 10.3. The quantitative estimate of drug-likeness (QED) is 0.195. The second-order valence-corrected chi connectivity index (χ2v) is 7.00. The van der Waals surface area contributed by atoms with Crippen molar-refractivity contribution in [3.63, 3.8) is 0 Å². The summed E-state index contributed by atoms with van der Waals surface area (Å²) >= 11 is 0. The molecule has 0 fully saturated rings. The molecule has 154 valence electrons. The van der Waals surface area contributed by atoms with Crippen LogP contribution in [-0.2, 0) is 14.3 Å². The monoisotopic (exact) mass is 370 g/mol. The van der Waals surface area contributed by atoms with Crippen molar-refractivity contribution in [3.8, 4) is 0 Å². The molecule has 0 unspecified atom stereocenters. The van der Waals surface area contributed by atoms with Gasteiger partial charge in [0.1, 0.15) is 6.61 Å². The second-order valence-electron chi connectivity index (χ2n) is 7.00. The Kier molecular flexibility index (Phi) is 21.4. The first-order valence-electron chi connectivity index (χ1n) is 10.8. The van der Waals surface area contributed by atoms with Crippen LogP contribution in [0.2, 0.25) is 0 Å². The number of hydrogen-bond donors (Lipinski definition) is 1. The number of carboxylic acids is 1. The largest absolute Gasteiger partial charge is 0.480 e. The molecule has 4 heteroatoms. The minimum absolute atomic E-state index is 0.238. The third-order valence-corrected chi connectivity index (χ3v) is 4.40. The van der Waals surface area contributed by atoms with E-state index in [9.17, 15) is 4.79 Å². The normalized spacial score (nSPS) is 11.4. The van der Waals surface area contributed by atoms with Crippen molar-refractivity contribution in [1.82, 2.24) is 0 Å². The SMILES string of the molecule is CCCCCCCC/C=C/CCCCCCCCOCCOCC(=O)O. The average molecular weight is 371 g/mol. The fourth-order valence-electron chi connectivity index (χ4n) is 2.83. The van der Waals surface area contributed by atoms with Crippen LogP contribution in [0, 0.1) is 0 Å². The molecule has 0 heterocycles. The lowest BCUT2D eigenvalue weighted by molar-refractivity contribution is -0.142. The van der Waals surface area contributed by atoms with Gasteiger partial charge in [-0.25, -0.2) is 4.79 Å². The Hall–Kier alpha value is -0.870. The maximum atomic E-state index is 10.2. The summed E-state index contributed by atoms with van der Waals surface area (Å²) in [6, 6.07) is 0. The molecule has 0 saturated heterocycles. The number of unbranched alkanes of at least 4 members (excludes halogenated alkanes) is 12. The van der Waals surface area contributed by atoms with Crippen molar-refractivity contribution in [2.24, 2.45) is 0 Å². The Bertz CT molecular complexity index is 315. The van der Waals surface area contributed by atoms with Crippen LogP contribution >= 0.6 is 0 Å². The molecule has 0 aliphatic heterocycles. The number of carbonyl (C=O) groups is 1. The van der Waals surface area contributed by atoms with E-state index in [1.54, 1.807) is 0 Å².